The predicted octanol–water partition coefficient (Wildman–Crippen LogP) is 28.6. The largest absolute Gasteiger partial charge is 0.468 e. The summed E-state index contributed by atoms with van der Waals surface area (Å²) < 4.78 is 61.6. The highest BCUT2D eigenvalue weighted by Gasteiger charge is 2.58. The van der Waals surface area contributed by atoms with Crippen molar-refractivity contribution in [2.75, 3.05) is 20.5 Å². The zero-order chi connectivity index (χ0) is 82.1. The summed E-state index contributed by atoms with van der Waals surface area (Å²) in [5.74, 6) is 19.6. The van der Waals surface area contributed by atoms with Crippen LogP contribution in [-0.2, 0) is 23.7 Å². The maximum atomic E-state index is 6.53. The van der Waals surface area contributed by atoms with Crippen molar-refractivity contribution >= 4 is 0 Å². The van der Waals surface area contributed by atoms with Gasteiger partial charge >= 0.3 is 0 Å². The number of benzene rings is 5. The van der Waals surface area contributed by atoms with Crippen LogP contribution in [0.1, 0.15) is 355 Å². The van der Waals surface area contributed by atoms with E-state index in [1.165, 1.54) is 201 Å². The Hall–Kier alpha value is -5.10. The third kappa shape index (κ3) is 22.4. The maximum absolute atomic E-state index is 6.53. The highest BCUT2D eigenvalue weighted by Crippen LogP contribution is 2.64. The molecule has 0 saturated heterocycles. The van der Waals surface area contributed by atoms with Gasteiger partial charge in [0.15, 0.2) is 13.1 Å². The molecule has 10 nitrogen and oxygen atoms in total. The molecule has 0 N–H and O–H groups in total. The van der Waals surface area contributed by atoms with Gasteiger partial charge in [-0.2, -0.15) is 0 Å². The monoisotopic (exact) mass is 1590 g/mol. The van der Waals surface area contributed by atoms with Crippen molar-refractivity contribution in [2.45, 2.75) is 370 Å². The van der Waals surface area contributed by atoms with Crippen molar-refractivity contribution in [3.8, 4) is 28.7 Å². The summed E-state index contributed by atoms with van der Waals surface area (Å²) in [4.78, 5) is 0. The van der Waals surface area contributed by atoms with Gasteiger partial charge in [0.05, 0.1) is 17.8 Å². The molecule has 16 bridgehead atoms. The fraction of sp³-hybridized carbons (Fsp3) is 0.717. The Morgan fingerprint density at radius 3 is 0.948 bits per heavy atom. The van der Waals surface area contributed by atoms with Crippen LogP contribution in [0.2, 0.25) is 0 Å². The predicted molar refractivity (Wildman–Crippen MR) is 474 cm³/mol. The summed E-state index contributed by atoms with van der Waals surface area (Å²) in [6.45, 7) is 38.3. The van der Waals surface area contributed by atoms with Crippen LogP contribution in [0.4, 0.5) is 0 Å². The molecule has 0 aromatic heterocycles. The molecule has 5 aromatic carbocycles. The molecule has 0 amide bonds. The van der Waals surface area contributed by atoms with E-state index in [1.807, 2.05) is 33.1 Å². The Labute approximate surface area is 704 Å². The molecule has 0 aliphatic heterocycles. The van der Waals surface area contributed by atoms with E-state index in [9.17, 15) is 0 Å². The van der Waals surface area contributed by atoms with Gasteiger partial charge in [0.2, 0.25) is 18.9 Å². The highest BCUT2D eigenvalue weighted by molar-refractivity contribution is 5.34. The Morgan fingerprint density at radius 1 is 0.345 bits per heavy atom. The van der Waals surface area contributed by atoms with Crippen molar-refractivity contribution in [3.05, 3.63) is 149 Å². The van der Waals surface area contributed by atoms with Crippen molar-refractivity contribution in [2.24, 2.45) is 93.2 Å². The summed E-state index contributed by atoms with van der Waals surface area (Å²) in [7, 11) is 1.83. The van der Waals surface area contributed by atoms with Crippen LogP contribution in [0.3, 0.4) is 0 Å². The lowest BCUT2D eigenvalue weighted by molar-refractivity contribution is -0.225. The van der Waals surface area contributed by atoms with Gasteiger partial charge < -0.3 is 47.4 Å². The Bertz CT molecular complexity index is 3610. The minimum atomic E-state index is -0.239. The molecule has 10 heteroatoms. The first-order valence-electron chi connectivity index (χ1n) is 47.6. The SMILES string of the molecule is CCC(C)c1ccc(OC(C)OC23CC4CC(CC(C4)C2)C3)cc1.CCC(C)c1ccc(OC(OC(C)C)C(C)(C)C)cc1.CCC(C)c1ccc(OC(OC)C23CC4CC(CC(C4)C2)C3)cc1.CCC(C)c1ccc(OCOC2C3CC4CC(C3)CC2C4)cc1.CCOC(Oc1ccc(C(C)CC)cc1)C12CC3CC(CC(C3)C1)C2. The zero-order valence-corrected chi connectivity index (χ0v) is 75.7. The first kappa shape index (κ1) is 88.7. The summed E-state index contributed by atoms with van der Waals surface area (Å²) in [5.41, 5.74) is 7.52. The van der Waals surface area contributed by atoms with Gasteiger partial charge in [-0.05, 0) is 402 Å². The van der Waals surface area contributed by atoms with Gasteiger partial charge in [-0.3, -0.25) is 0 Å². The van der Waals surface area contributed by atoms with E-state index in [0.29, 0.717) is 42.5 Å². The smallest absolute Gasteiger partial charge is 0.205 e. The third-order valence-electron chi connectivity index (χ3n) is 31.2. The lowest BCUT2D eigenvalue weighted by atomic mass is 9.49. The van der Waals surface area contributed by atoms with E-state index in [0.717, 1.165) is 119 Å². The van der Waals surface area contributed by atoms with E-state index in [1.54, 1.807) is 0 Å². The molecule has 16 aliphatic rings. The Kier molecular flexibility index (Phi) is 30.4. The fourth-order valence-electron chi connectivity index (χ4n) is 25.5. The molecule has 5 aromatic rings. The van der Waals surface area contributed by atoms with Gasteiger partial charge in [-0.1, -0.05) is 151 Å². The van der Waals surface area contributed by atoms with E-state index in [4.69, 9.17) is 47.4 Å². The molecule has 9 atom stereocenters. The van der Waals surface area contributed by atoms with Crippen LogP contribution in [0, 0.1) is 93.2 Å². The van der Waals surface area contributed by atoms with Gasteiger partial charge in [-0.25, -0.2) is 0 Å². The van der Waals surface area contributed by atoms with Crippen molar-refractivity contribution in [1.82, 2.24) is 0 Å². The van der Waals surface area contributed by atoms with Gasteiger partial charge in [0.1, 0.15) is 28.7 Å². The van der Waals surface area contributed by atoms with Crippen molar-refractivity contribution < 1.29 is 47.4 Å². The van der Waals surface area contributed by atoms with Crippen molar-refractivity contribution in [3.63, 3.8) is 0 Å². The number of rotatable bonds is 31. The van der Waals surface area contributed by atoms with Gasteiger partial charge in [-0.15, -0.1) is 0 Å². The van der Waals surface area contributed by atoms with Gasteiger partial charge in [0.25, 0.3) is 0 Å². The molecule has 0 heterocycles. The highest BCUT2D eigenvalue weighted by atomic mass is 16.7. The lowest BCUT2D eigenvalue weighted by Crippen LogP contribution is -2.54. The van der Waals surface area contributed by atoms with E-state index >= 15 is 0 Å². The van der Waals surface area contributed by atoms with Crippen LogP contribution in [-0.4, -0.2) is 63.5 Å². The molecule has 0 radical (unpaired) electrons. The average Bonchev–Trinajstić information content (AvgIpc) is 0.763. The summed E-state index contributed by atoms with van der Waals surface area (Å²) in [5, 5.41) is 0. The van der Waals surface area contributed by atoms with E-state index in [-0.39, 0.29) is 53.1 Å². The minimum Gasteiger partial charge on any atom is -0.468 e. The Morgan fingerprint density at radius 2 is 0.638 bits per heavy atom. The average molecular weight is 1590 g/mol. The summed E-state index contributed by atoms with van der Waals surface area (Å²) >= 11 is 0. The van der Waals surface area contributed by atoms with Gasteiger partial charge in [0, 0.05) is 30.0 Å². The Balaban J connectivity index is 0.000000126. The molecule has 9 unspecified atom stereocenters. The van der Waals surface area contributed by atoms with Crippen LogP contribution >= 0.6 is 0 Å². The molecular formula is C106H158O10. The third-order valence-corrected chi connectivity index (χ3v) is 31.2. The molecule has 16 fully saturated rings. The van der Waals surface area contributed by atoms with E-state index in [2.05, 4.69) is 213 Å². The summed E-state index contributed by atoms with van der Waals surface area (Å²) in [6.07, 6.45) is 37.8. The second-order valence-corrected chi connectivity index (χ2v) is 41.8. The zero-order valence-electron chi connectivity index (χ0n) is 75.7. The number of ether oxygens (including phenoxy) is 10. The number of methoxy groups -OCH3 is 1. The molecular weight excluding hydrogens is 1430 g/mol. The fourth-order valence-corrected chi connectivity index (χ4v) is 25.5. The first-order chi connectivity index (χ1) is 55.7. The maximum Gasteiger partial charge on any atom is 0.205 e. The van der Waals surface area contributed by atoms with E-state index < -0.39 is 0 Å². The molecule has 16 saturated carbocycles. The van der Waals surface area contributed by atoms with Crippen LogP contribution in [0.15, 0.2) is 121 Å². The first-order valence-corrected chi connectivity index (χ1v) is 47.6. The quantitative estimate of drug-likeness (QED) is 0.0400. The van der Waals surface area contributed by atoms with Crippen molar-refractivity contribution in [1.29, 1.82) is 0 Å². The second kappa shape index (κ2) is 39.8. The normalized spacial score (nSPS) is 32.6. The van der Waals surface area contributed by atoms with Crippen LogP contribution in [0.5, 0.6) is 28.7 Å². The minimum absolute atomic E-state index is 0.0559. The van der Waals surface area contributed by atoms with Crippen LogP contribution in [0.25, 0.3) is 0 Å². The number of hydrogen-bond donors (Lipinski definition) is 0. The molecule has 0 spiro atoms. The number of hydrogen-bond acceptors (Lipinski definition) is 10. The van der Waals surface area contributed by atoms with Crippen LogP contribution < -0.4 is 23.7 Å². The molecule has 16 aliphatic carbocycles. The lowest BCUT2D eigenvalue weighted by Gasteiger charge is -2.58. The molecule has 21 rings (SSSR count). The molecule has 116 heavy (non-hydrogen) atoms. The second-order valence-electron chi connectivity index (χ2n) is 41.8. The summed E-state index contributed by atoms with van der Waals surface area (Å²) in [6, 6.07) is 43.0. The molecule has 642 valence electrons. The topological polar surface area (TPSA) is 92.3 Å². The standard InChI is InChI=1S/C23H34O2.2C22H32O2.C21H30O2.C18H30O2/c1-4-16(3)20-6-8-21(9-7-20)25-22(24-5-2)23-13-17-10-18(14-23)12-19(11-17)15-23;1-4-15(2)19-5-7-20(8-6-19)24-21(23-3)22-12-16-9-17(13-22)11-18(10-16)14-22;1-4-15(2)20-5-7-21(8-6-20)23-16(3)24-22-12-17-9-18(13-22)11-19(10-17)14-22;1-3-14(2)17-4-6-20(7-5-17)22-13-23-21-18-9-15-8-16(11-18)12-19(21)10-15;1-8-14(4)15-9-11-16(12-10-15)20-17(18(5,6)7)19-13(2)3/h6-9,16-19,22H,4-5,10-15H2,1-3H3;5-8,15-18,21H,4,9-14H2,1-3H3;5-8,15-19H,4,9-14H2,1-3H3;4-7,14-16,18-19,21H,3,8-13H2,1-2H3;9-14,17H,8H2,1-7H3.